The molecule has 0 spiro atoms. The Morgan fingerprint density at radius 3 is 2.65 bits per heavy atom. The van der Waals surface area contributed by atoms with Gasteiger partial charge in [-0.1, -0.05) is 23.7 Å². The van der Waals surface area contributed by atoms with Gasteiger partial charge in [0.25, 0.3) is 5.56 Å². The molecule has 9 heteroatoms. The molecule has 0 aliphatic heterocycles. The van der Waals surface area contributed by atoms with Crippen LogP contribution in [0.4, 0.5) is 0 Å². The molecule has 1 aromatic carbocycles. The summed E-state index contributed by atoms with van der Waals surface area (Å²) in [6.45, 7) is 1.75. The van der Waals surface area contributed by atoms with Crippen LogP contribution in [0.15, 0.2) is 39.0 Å². The van der Waals surface area contributed by atoms with Crippen molar-refractivity contribution in [1.29, 1.82) is 0 Å². The van der Waals surface area contributed by atoms with E-state index in [0.29, 0.717) is 10.7 Å². The van der Waals surface area contributed by atoms with Crippen molar-refractivity contribution in [2.45, 2.75) is 19.8 Å². The second-order valence-electron chi connectivity index (χ2n) is 4.69. The van der Waals surface area contributed by atoms with E-state index in [0.717, 1.165) is 5.56 Å². The number of nitrogens with one attached hydrogen (secondary N) is 3. The second kappa shape index (κ2) is 7.50. The Bertz CT molecular complexity index is 838. The van der Waals surface area contributed by atoms with Gasteiger partial charge in [-0.2, -0.15) is 10.2 Å². The van der Waals surface area contributed by atoms with Gasteiger partial charge in [0.1, 0.15) is 5.69 Å². The normalized spacial score (nSPS) is 11.3. The van der Waals surface area contributed by atoms with Crippen LogP contribution < -0.4 is 16.7 Å². The van der Waals surface area contributed by atoms with Gasteiger partial charge in [0.2, 0.25) is 5.91 Å². The number of hydrogen-bond donors (Lipinski definition) is 3. The monoisotopic (exact) mass is 335 g/mol. The van der Waals surface area contributed by atoms with Crippen LogP contribution in [0.1, 0.15) is 24.6 Å². The van der Waals surface area contributed by atoms with Crippen molar-refractivity contribution in [3.63, 3.8) is 0 Å². The van der Waals surface area contributed by atoms with Gasteiger partial charge in [0.15, 0.2) is 0 Å². The molecule has 0 unspecified atom stereocenters. The molecule has 0 saturated carbocycles. The lowest BCUT2D eigenvalue weighted by atomic mass is 10.1. The third-order valence-corrected chi connectivity index (χ3v) is 3.23. The highest BCUT2D eigenvalue weighted by Crippen LogP contribution is 2.10. The number of nitrogens with zero attached hydrogens (tertiary/aromatic N) is 2. The molecular formula is C14H14ClN5O3. The Balaban J connectivity index is 1.91. The Morgan fingerprint density at radius 2 is 2.00 bits per heavy atom. The zero-order chi connectivity index (χ0) is 16.8. The highest BCUT2D eigenvalue weighted by Gasteiger charge is 2.07. The van der Waals surface area contributed by atoms with Crippen LogP contribution in [0.3, 0.4) is 0 Å². The van der Waals surface area contributed by atoms with Crippen molar-refractivity contribution in [2.75, 3.05) is 0 Å². The molecule has 1 heterocycles. The average Bonchev–Trinajstić information content (AvgIpc) is 2.52. The topological polar surface area (TPSA) is 120 Å². The van der Waals surface area contributed by atoms with E-state index in [1.165, 1.54) is 0 Å². The molecule has 0 radical (unpaired) electrons. The average molecular weight is 336 g/mol. The Kier molecular flexibility index (Phi) is 5.42. The fourth-order valence-corrected chi connectivity index (χ4v) is 1.86. The Morgan fingerprint density at radius 1 is 1.30 bits per heavy atom. The molecule has 0 aliphatic rings. The summed E-state index contributed by atoms with van der Waals surface area (Å²) >= 11 is 5.80. The maximum Gasteiger partial charge on any atom is 0.342 e. The second-order valence-corrected chi connectivity index (χ2v) is 5.13. The highest BCUT2D eigenvalue weighted by molar-refractivity contribution is 6.30. The minimum absolute atomic E-state index is 0.0134. The van der Waals surface area contributed by atoms with Crippen molar-refractivity contribution >= 4 is 23.2 Å². The summed E-state index contributed by atoms with van der Waals surface area (Å²) in [4.78, 5) is 36.0. The van der Waals surface area contributed by atoms with Crippen molar-refractivity contribution in [3.8, 4) is 0 Å². The minimum Gasteiger partial charge on any atom is -0.273 e. The van der Waals surface area contributed by atoms with Crippen LogP contribution in [0, 0.1) is 0 Å². The molecule has 1 amide bonds. The quantitative estimate of drug-likeness (QED) is 0.547. The van der Waals surface area contributed by atoms with Crippen LogP contribution in [0.5, 0.6) is 0 Å². The number of aromatic amines is 2. The molecule has 3 N–H and O–H groups in total. The van der Waals surface area contributed by atoms with E-state index in [9.17, 15) is 14.4 Å². The standard InChI is InChI=1S/C14H14ClN5O3/c1-8(9-2-4-10(15)5-3-9)17-19-12(21)7-6-11-13(22)16-14(23)20-18-11/h2-5H,6-7H2,1H3,(H,19,21)(H2,16,20,22,23)/b17-8+. The van der Waals surface area contributed by atoms with E-state index in [1.807, 2.05) is 4.98 Å². The molecule has 1 aromatic heterocycles. The summed E-state index contributed by atoms with van der Waals surface area (Å²) in [6, 6.07) is 7.03. The smallest absolute Gasteiger partial charge is 0.273 e. The van der Waals surface area contributed by atoms with Crippen molar-refractivity contribution in [2.24, 2.45) is 5.10 Å². The van der Waals surface area contributed by atoms with Gasteiger partial charge in [-0.25, -0.2) is 15.3 Å². The molecule has 0 saturated heterocycles. The van der Waals surface area contributed by atoms with Gasteiger partial charge >= 0.3 is 5.69 Å². The zero-order valence-electron chi connectivity index (χ0n) is 12.2. The molecular weight excluding hydrogens is 322 g/mol. The van der Waals surface area contributed by atoms with Crippen LogP contribution in [-0.4, -0.2) is 26.8 Å². The predicted molar refractivity (Wildman–Crippen MR) is 85.6 cm³/mol. The molecule has 23 heavy (non-hydrogen) atoms. The van der Waals surface area contributed by atoms with Gasteiger partial charge in [0, 0.05) is 17.9 Å². The number of amides is 1. The van der Waals surface area contributed by atoms with Crippen LogP contribution in [0.25, 0.3) is 0 Å². The van der Waals surface area contributed by atoms with Crippen LogP contribution in [0.2, 0.25) is 5.02 Å². The van der Waals surface area contributed by atoms with Gasteiger partial charge in [-0.3, -0.25) is 14.6 Å². The lowest BCUT2D eigenvalue weighted by Crippen LogP contribution is -2.28. The lowest BCUT2D eigenvalue weighted by Gasteiger charge is -2.03. The summed E-state index contributed by atoms with van der Waals surface area (Å²) in [5, 5.41) is 10.3. The molecule has 0 bridgehead atoms. The summed E-state index contributed by atoms with van der Waals surface area (Å²) in [7, 11) is 0. The van der Waals surface area contributed by atoms with Gasteiger partial charge in [-0.05, 0) is 24.6 Å². The molecule has 0 fully saturated rings. The van der Waals surface area contributed by atoms with Crippen molar-refractivity contribution < 1.29 is 4.79 Å². The van der Waals surface area contributed by atoms with Crippen LogP contribution in [-0.2, 0) is 11.2 Å². The fraction of sp³-hybridized carbons (Fsp3) is 0.214. The first-order valence-electron chi connectivity index (χ1n) is 6.72. The molecule has 2 aromatic rings. The Hall–Kier alpha value is -2.74. The fourth-order valence-electron chi connectivity index (χ4n) is 1.73. The first-order valence-corrected chi connectivity index (χ1v) is 7.10. The maximum atomic E-state index is 11.7. The minimum atomic E-state index is -0.689. The SMILES string of the molecule is C/C(=N\NC(=O)CCc1n[nH]c(=O)[nH]c1=O)c1ccc(Cl)cc1. The van der Waals surface area contributed by atoms with Gasteiger partial charge in [0.05, 0.1) is 5.71 Å². The molecule has 0 atom stereocenters. The van der Waals surface area contributed by atoms with Crippen molar-refractivity contribution in [1.82, 2.24) is 20.6 Å². The number of hydrogen-bond acceptors (Lipinski definition) is 5. The van der Waals surface area contributed by atoms with Gasteiger partial charge < -0.3 is 0 Å². The first-order chi connectivity index (χ1) is 11.0. The Labute approximate surface area is 135 Å². The molecule has 120 valence electrons. The summed E-state index contributed by atoms with van der Waals surface area (Å²) < 4.78 is 0. The number of carbonyl (C=O) groups excluding carboxylic acids is 1. The predicted octanol–water partition coefficient (Wildman–Crippen LogP) is 0.585. The zero-order valence-corrected chi connectivity index (χ0v) is 13.0. The summed E-state index contributed by atoms with van der Waals surface area (Å²) in [5.41, 5.74) is 2.63. The molecule has 2 rings (SSSR count). The van der Waals surface area contributed by atoms with Crippen LogP contribution >= 0.6 is 11.6 Å². The van der Waals surface area contributed by atoms with E-state index in [4.69, 9.17) is 11.6 Å². The maximum absolute atomic E-state index is 11.7. The third-order valence-electron chi connectivity index (χ3n) is 2.98. The largest absolute Gasteiger partial charge is 0.342 e. The number of aryl methyl sites for hydroxylation is 1. The summed E-state index contributed by atoms with van der Waals surface area (Å²) in [5.74, 6) is -0.370. The summed E-state index contributed by atoms with van der Waals surface area (Å²) in [6.07, 6.45) is 0.104. The van der Waals surface area contributed by atoms with E-state index in [-0.39, 0.29) is 24.4 Å². The van der Waals surface area contributed by atoms with Gasteiger partial charge in [-0.15, -0.1) is 0 Å². The van der Waals surface area contributed by atoms with E-state index >= 15 is 0 Å². The first kappa shape index (κ1) is 16.6. The number of halogens is 1. The number of benzene rings is 1. The molecule has 0 aliphatic carbocycles. The molecule has 8 nitrogen and oxygen atoms in total. The number of rotatable bonds is 5. The highest BCUT2D eigenvalue weighted by atomic mass is 35.5. The van der Waals surface area contributed by atoms with E-state index in [1.54, 1.807) is 31.2 Å². The number of carbonyl (C=O) groups is 1. The lowest BCUT2D eigenvalue weighted by molar-refractivity contribution is -0.121. The van der Waals surface area contributed by atoms with E-state index in [2.05, 4.69) is 20.7 Å². The number of aromatic nitrogens is 3. The number of hydrazone groups is 1. The number of H-pyrrole nitrogens is 2. The third kappa shape index (κ3) is 4.89. The van der Waals surface area contributed by atoms with E-state index < -0.39 is 11.2 Å². The van der Waals surface area contributed by atoms with Crippen molar-refractivity contribution in [3.05, 3.63) is 61.4 Å².